The average Bonchev–Trinajstić information content (AvgIpc) is 2.95. The molecule has 0 saturated carbocycles. The maximum Gasteiger partial charge on any atom is 0.228 e. The van der Waals surface area contributed by atoms with E-state index in [-0.39, 0.29) is 18.1 Å². The third-order valence-corrected chi connectivity index (χ3v) is 4.30. The molecule has 0 radical (unpaired) electrons. The van der Waals surface area contributed by atoms with Gasteiger partial charge in [-0.3, -0.25) is 9.78 Å². The van der Waals surface area contributed by atoms with Crippen LogP contribution in [0.2, 0.25) is 0 Å². The lowest BCUT2D eigenvalue weighted by Gasteiger charge is -2.20. The fourth-order valence-electron chi connectivity index (χ4n) is 3.15. The molecular formula is C14H18FN3O. The molecule has 2 saturated heterocycles. The predicted molar refractivity (Wildman–Crippen MR) is 69.0 cm³/mol. The first kappa shape index (κ1) is 12.5. The number of hydrogen-bond donors (Lipinski definition) is 0. The number of likely N-dealkylation sites (tertiary alicyclic amines) is 2. The van der Waals surface area contributed by atoms with Gasteiger partial charge in [0.15, 0.2) is 0 Å². The zero-order valence-corrected chi connectivity index (χ0v) is 11.1. The fraction of sp³-hybridized carbons (Fsp3) is 0.571. The van der Waals surface area contributed by atoms with Gasteiger partial charge in [-0.25, -0.2) is 4.39 Å². The quantitative estimate of drug-likeness (QED) is 0.796. The minimum absolute atomic E-state index is 0.0990. The van der Waals surface area contributed by atoms with Gasteiger partial charge in [0.2, 0.25) is 5.91 Å². The molecule has 1 aromatic heterocycles. The molecule has 2 atom stereocenters. The van der Waals surface area contributed by atoms with Crippen molar-refractivity contribution >= 4 is 5.91 Å². The second-order valence-corrected chi connectivity index (χ2v) is 5.54. The number of carbonyl (C=O) groups is 1. The van der Waals surface area contributed by atoms with Crippen LogP contribution in [0.1, 0.15) is 12.1 Å². The zero-order chi connectivity index (χ0) is 13.4. The summed E-state index contributed by atoms with van der Waals surface area (Å²) in [4.78, 5) is 20.4. The lowest BCUT2D eigenvalue weighted by Crippen LogP contribution is -2.35. The van der Waals surface area contributed by atoms with E-state index in [1.165, 1.54) is 12.5 Å². The Kier molecular flexibility index (Phi) is 3.22. The first-order valence-electron chi connectivity index (χ1n) is 6.72. The Morgan fingerprint density at radius 2 is 2.32 bits per heavy atom. The molecule has 2 aliphatic rings. The van der Waals surface area contributed by atoms with E-state index in [2.05, 4.69) is 16.9 Å². The average molecular weight is 263 g/mol. The summed E-state index contributed by atoms with van der Waals surface area (Å²) in [6, 6.07) is 3.45. The van der Waals surface area contributed by atoms with Crippen LogP contribution in [0, 0.1) is 11.7 Å². The van der Waals surface area contributed by atoms with Gasteiger partial charge in [0, 0.05) is 24.8 Å². The Bertz CT molecular complexity index is 476. The largest absolute Gasteiger partial charge is 0.340 e. The molecule has 0 aliphatic carbocycles. The van der Waals surface area contributed by atoms with Gasteiger partial charge in [-0.05, 0) is 38.1 Å². The molecule has 0 bridgehead atoms. The SMILES string of the molecule is CN1CCC2CN(C(=O)Cc3ccc(F)cn3)CC21. The molecule has 3 rings (SSSR count). The summed E-state index contributed by atoms with van der Waals surface area (Å²) in [5.74, 6) is 0.352. The second-order valence-electron chi connectivity index (χ2n) is 5.54. The first-order chi connectivity index (χ1) is 9.13. The summed E-state index contributed by atoms with van der Waals surface area (Å²) < 4.78 is 12.8. The summed E-state index contributed by atoms with van der Waals surface area (Å²) in [5.41, 5.74) is 0.636. The summed E-state index contributed by atoms with van der Waals surface area (Å²) >= 11 is 0. The van der Waals surface area contributed by atoms with E-state index in [1.54, 1.807) is 6.07 Å². The van der Waals surface area contributed by atoms with Crippen molar-refractivity contribution in [1.29, 1.82) is 0 Å². The molecule has 5 heteroatoms. The van der Waals surface area contributed by atoms with Gasteiger partial charge in [-0.1, -0.05) is 0 Å². The van der Waals surface area contributed by atoms with Crippen molar-refractivity contribution in [2.24, 2.45) is 5.92 Å². The number of pyridine rings is 1. The van der Waals surface area contributed by atoms with E-state index < -0.39 is 0 Å². The molecule has 2 aliphatic heterocycles. The second kappa shape index (κ2) is 4.89. The molecule has 0 spiro atoms. The van der Waals surface area contributed by atoms with E-state index >= 15 is 0 Å². The predicted octanol–water partition coefficient (Wildman–Crippen LogP) is 0.926. The normalized spacial score (nSPS) is 26.7. The van der Waals surface area contributed by atoms with Gasteiger partial charge < -0.3 is 9.80 Å². The molecule has 1 aromatic rings. The Morgan fingerprint density at radius 1 is 1.47 bits per heavy atom. The van der Waals surface area contributed by atoms with E-state index in [9.17, 15) is 9.18 Å². The van der Waals surface area contributed by atoms with Crippen LogP contribution < -0.4 is 0 Å². The first-order valence-corrected chi connectivity index (χ1v) is 6.72. The highest BCUT2D eigenvalue weighted by atomic mass is 19.1. The highest BCUT2D eigenvalue weighted by Crippen LogP contribution is 2.30. The van der Waals surface area contributed by atoms with E-state index in [0.717, 1.165) is 25.8 Å². The van der Waals surface area contributed by atoms with Gasteiger partial charge in [-0.2, -0.15) is 0 Å². The highest BCUT2D eigenvalue weighted by molar-refractivity contribution is 5.78. The molecule has 2 fully saturated rings. The lowest BCUT2D eigenvalue weighted by atomic mass is 10.1. The number of halogens is 1. The van der Waals surface area contributed by atoms with Crippen LogP contribution in [0.5, 0.6) is 0 Å². The van der Waals surface area contributed by atoms with Gasteiger partial charge in [0.25, 0.3) is 0 Å². The number of rotatable bonds is 2. The Morgan fingerprint density at radius 3 is 3.00 bits per heavy atom. The summed E-state index contributed by atoms with van der Waals surface area (Å²) in [6.07, 6.45) is 2.61. The van der Waals surface area contributed by atoms with Crippen molar-refractivity contribution in [2.75, 3.05) is 26.7 Å². The number of amides is 1. The third-order valence-electron chi connectivity index (χ3n) is 4.30. The third kappa shape index (κ3) is 2.47. The van der Waals surface area contributed by atoms with Gasteiger partial charge >= 0.3 is 0 Å². The lowest BCUT2D eigenvalue weighted by molar-refractivity contribution is -0.129. The number of hydrogen-bond acceptors (Lipinski definition) is 3. The molecular weight excluding hydrogens is 245 g/mol. The van der Waals surface area contributed by atoms with Crippen LogP contribution >= 0.6 is 0 Å². The topological polar surface area (TPSA) is 36.4 Å². The molecule has 102 valence electrons. The van der Waals surface area contributed by atoms with Crippen LogP contribution in [-0.2, 0) is 11.2 Å². The van der Waals surface area contributed by atoms with Crippen molar-refractivity contribution in [3.05, 3.63) is 29.8 Å². The summed E-state index contributed by atoms with van der Waals surface area (Å²) in [5, 5.41) is 0. The summed E-state index contributed by atoms with van der Waals surface area (Å²) in [6.45, 7) is 2.81. The Balaban J connectivity index is 1.61. The standard InChI is InChI=1S/C14H18FN3O/c1-17-5-4-10-8-18(9-13(10)17)14(19)6-12-3-2-11(15)7-16-12/h2-3,7,10,13H,4-6,8-9H2,1H3. The monoisotopic (exact) mass is 263 g/mol. The molecule has 0 N–H and O–H groups in total. The van der Waals surface area contributed by atoms with Crippen LogP contribution in [0.4, 0.5) is 4.39 Å². The van der Waals surface area contributed by atoms with Gasteiger partial charge in [-0.15, -0.1) is 0 Å². The van der Waals surface area contributed by atoms with Gasteiger partial charge in [0.05, 0.1) is 12.6 Å². The minimum Gasteiger partial charge on any atom is -0.340 e. The highest BCUT2D eigenvalue weighted by Gasteiger charge is 2.40. The van der Waals surface area contributed by atoms with Crippen molar-refractivity contribution in [3.8, 4) is 0 Å². The molecule has 3 heterocycles. The Hall–Kier alpha value is -1.49. The van der Waals surface area contributed by atoms with Crippen molar-refractivity contribution in [1.82, 2.24) is 14.8 Å². The van der Waals surface area contributed by atoms with Crippen LogP contribution in [-0.4, -0.2) is 53.4 Å². The van der Waals surface area contributed by atoms with Gasteiger partial charge in [0.1, 0.15) is 5.82 Å². The van der Waals surface area contributed by atoms with Crippen molar-refractivity contribution in [2.45, 2.75) is 18.9 Å². The van der Waals surface area contributed by atoms with E-state index in [4.69, 9.17) is 0 Å². The Labute approximate surface area is 112 Å². The smallest absolute Gasteiger partial charge is 0.228 e. The van der Waals surface area contributed by atoms with Crippen LogP contribution in [0.25, 0.3) is 0 Å². The maximum absolute atomic E-state index is 12.8. The number of likely N-dealkylation sites (N-methyl/N-ethyl adjacent to an activating group) is 1. The summed E-state index contributed by atoms with van der Waals surface area (Å²) in [7, 11) is 2.13. The molecule has 0 aromatic carbocycles. The maximum atomic E-state index is 12.8. The van der Waals surface area contributed by atoms with E-state index in [1.807, 2.05) is 4.90 Å². The molecule has 4 nitrogen and oxygen atoms in total. The van der Waals surface area contributed by atoms with E-state index in [0.29, 0.717) is 17.7 Å². The number of aromatic nitrogens is 1. The van der Waals surface area contributed by atoms with Crippen LogP contribution in [0.15, 0.2) is 18.3 Å². The van der Waals surface area contributed by atoms with Crippen LogP contribution in [0.3, 0.4) is 0 Å². The molecule has 19 heavy (non-hydrogen) atoms. The minimum atomic E-state index is -0.367. The fourth-order valence-corrected chi connectivity index (χ4v) is 3.15. The molecule has 2 unspecified atom stereocenters. The number of carbonyl (C=O) groups excluding carboxylic acids is 1. The molecule has 1 amide bonds. The number of fused-ring (bicyclic) bond motifs is 1. The number of nitrogens with zero attached hydrogens (tertiary/aromatic N) is 3. The zero-order valence-electron chi connectivity index (χ0n) is 11.1. The van der Waals surface area contributed by atoms with Crippen molar-refractivity contribution < 1.29 is 9.18 Å². The van der Waals surface area contributed by atoms with Crippen molar-refractivity contribution in [3.63, 3.8) is 0 Å².